The summed E-state index contributed by atoms with van der Waals surface area (Å²) in [7, 11) is 7.08. The van der Waals surface area contributed by atoms with Crippen molar-refractivity contribution in [3.05, 3.63) is 273 Å². The maximum absolute atomic E-state index is 4.85. The monoisotopic (exact) mass is 963 g/mol. The van der Waals surface area contributed by atoms with Crippen molar-refractivity contribution in [3.63, 3.8) is 0 Å². The summed E-state index contributed by atoms with van der Waals surface area (Å²) in [5.74, 6) is 0. The standard InChI is InChI=1S/3C18H15P.2ClH.Rh.H/c3*1-4-10-16(11-5-1)19(17-12-6-2-7-13-17)18-14-8-3-9-15-18;;;;/h3*1-15H;2*1H;;/q;;;;;+2;/p+1. The minimum Gasteiger partial charge on any atom is -0.0620 e. The Balaban J connectivity index is 0.000000146. The Morgan fingerprint density at radius 2 is 0.267 bits per heavy atom. The summed E-state index contributed by atoms with van der Waals surface area (Å²) < 4.78 is 0. The van der Waals surface area contributed by atoms with Crippen LogP contribution in [0.2, 0.25) is 0 Å². The molecule has 9 aromatic carbocycles. The van der Waals surface area contributed by atoms with E-state index >= 15 is 0 Å². The maximum atomic E-state index is 4.85. The number of hydrogen-bond donors (Lipinski definition) is 0. The molecule has 0 bridgehead atoms. The van der Waals surface area contributed by atoms with Crippen molar-refractivity contribution in [2.45, 2.75) is 0 Å². The first-order chi connectivity index (χ1) is 29.8. The van der Waals surface area contributed by atoms with Crippen LogP contribution in [0.4, 0.5) is 0 Å². The fourth-order valence-electron chi connectivity index (χ4n) is 6.94. The molecule has 0 atom stereocenters. The van der Waals surface area contributed by atoms with Crippen molar-refractivity contribution in [3.8, 4) is 0 Å². The summed E-state index contributed by atoms with van der Waals surface area (Å²) in [5.41, 5.74) is 0. The van der Waals surface area contributed by atoms with Crippen LogP contribution >= 0.6 is 43.1 Å². The zero-order valence-electron chi connectivity index (χ0n) is 33.1. The van der Waals surface area contributed by atoms with Crippen molar-refractivity contribution in [2.24, 2.45) is 0 Å². The van der Waals surface area contributed by atoms with Gasteiger partial charge in [0.25, 0.3) is 0 Å². The zero-order chi connectivity index (χ0) is 41.5. The predicted molar refractivity (Wildman–Crippen MR) is 273 cm³/mol. The van der Waals surface area contributed by atoms with Crippen molar-refractivity contribution >= 4 is 90.9 Å². The molecule has 0 heterocycles. The fourth-order valence-corrected chi connectivity index (χ4v) is 14.7. The van der Waals surface area contributed by atoms with Gasteiger partial charge in [-0.25, -0.2) is 0 Å². The van der Waals surface area contributed by atoms with E-state index in [-0.39, 0.29) is 15.1 Å². The molecular formula is C54H49Cl2P3Rh+3. The van der Waals surface area contributed by atoms with Gasteiger partial charge >= 0.3 is 34.5 Å². The molecule has 0 saturated carbocycles. The molecule has 9 rings (SSSR count). The molecule has 0 N–H and O–H groups in total. The Bertz CT molecular complexity index is 1890. The van der Waals surface area contributed by atoms with E-state index in [2.05, 4.69) is 273 Å². The van der Waals surface area contributed by atoms with E-state index in [1.54, 1.807) is 0 Å². The smallest absolute Gasteiger partial charge is 0.0620 e. The minimum atomic E-state index is -0.877. The largest absolute Gasteiger partial charge is 0.102 e. The molecule has 0 radical (unpaired) electrons. The second kappa shape index (κ2) is 26.0. The van der Waals surface area contributed by atoms with Crippen LogP contribution in [-0.4, -0.2) is 0 Å². The van der Waals surface area contributed by atoms with E-state index in [9.17, 15) is 0 Å². The first kappa shape index (κ1) is 45.0. The van der Waals surface area contributed by atoms with Gasteiger partial charge in [0.2, 0.25) is 0 Å². The van der Waals surface area contributed by atoms with Crippen molar-refractivity contribution in [1.82, 2.24) is 0 Å². The molecule has 9 aromatic rings. The van der Waals surface area contributed by atoms with Gasteiger partial charge in [-0.15, -0.1) is 0 Å². The van der Waals surface area contributed by atoms with Gasteiger partial charge in [-0.05, 0) is 109 Å². The van der Waals surface area contributed by atoms with Gasteiger partial charge in [-0.3, -0.25) is 0 Å². The third-order valence-electron chi connectivity index (χ3n) is 9.56. The molecule has 0 saturated heterocycles. The fraction of sp³-hybridized carbons (Fsp3) is 0. The van der Waals surface area contributed by atoms with Gasteiger partial charge in [-0.1, -0.05) is 164 Å². The average Bonchev–Trinajstić information content (AvgIpc) is 3.33. The van der Waals surface area contributed by atoms with Crippen LogP contribution in [0.5, 0.6) is 0 Å². The Kier molecular flexibility index (Phi) is 19.5. The van der Waals surface area contributed by atoms with E-state index in [1.807, 2.05) is 0 Å². The number of benzene rings is 9. The molecule has 60 heavy (non-hydrogen) atoms. The Morgan fingerprint density at radius 1 is 0.183 bits per heavy atom. The number of hydrogen-bond acceptors (Lipinski definition) is 0. The van der Waals surface area contributed by atoms with Gasteiger partial charge in [0.15, 0.2) is 0 Å². The van der Waals surface area contributed by atoms with E-state index < -0.39 is 23.8 Å². The predicted octanol–water partition coefficient (Wildman–Crippen LogP) is 10.6. The van der Waals surface area contributed by atoms with Crippen LogP contribution in [0.3, 0.4) is 0 Å². The van der Waals surface area contributed by atoms with Crippen LogP contribution in [0, 0.1) is 0 Å². The van der Waals surface area contributed by atoms with Crippen LogP contribution < -0.4 is 47.7 Å². The van der Waals surface area contributed by atoms with Crippen molar-refractivity contribution in [2.75, 3.05) is 0 Å². The molecule has 0 spiro atoms. The second-order valence-corrected chi connectivity index (χ2v) is 23.6. The number of halogens is 2. The van der Waals surface area contributed by atoms with Gasteiger partial charge in [0, 0.05) is 0 Å². The summed E-state index contributed by atoms with van der Waals surface area (Å²) in [6, 6.07) is 97.5. The van der Waals surface area contributed by atoms with Crippen LogP contribution in [0.15, 0.2) is 273 Å². The van der Waals surface area contributed by atoms with E-state index in [1.165, 1.54) is 47.7 Å². The summed E-state index contributed by atoms with van der Waals surface area (Å²) in [5, 5.41) is 12.9. The van der Waals surface area contributed by atoms with Crippen LogP contribution in [-0.2, 0) is 15.1 Å². The van der Waals surface area contributed by atoms with E-state index in [4.69, 9.17) is 19.4 Å². The summed E-state index contributed by atoms with van der Waals surface area (Å²) in [6.07, 6.45) is 0. The topological polar surface area (TPSA) is 0 Å². The molecule has 0 aromatic heterocycles. The van der Waals surface area contributed by atoms with E-state index in [0.717, 1.165) is 0 Å². The second-order valence-electron chi connectivity index (χ2n) is 13.5. The quantitative estimate of drug-likeness (QED) is 0.0999. The summed E-state index contributed by atoms with van der Waals surface area (Å²) in [6.45, 7) is 0. The molecule has 0 unspecified atom stereocenters. The normalized spacial score (nSPS) is 10.4. The molecule has 0 aliphatic rings. The number of rotatable bonds is 9. The van der Waals surface area contributed by atoms with Gasteiger partial charge in [0.1, 0.15) is 47.7 Å². The molecule has 0 fully saturated rings. The van der Waals surface area contributed by atoms with Crippen molar-refractivity contribution in [1.29, 1.82) is 0 Å². The van der Waals surface area contributed by atoms with Crippen LogP contribution in [0.1, 0.15) is 0 Å². The first-order valence-electron chi connectivity index (χ1n) is 19.7. The first-order valence-corrected chi connectivity index (χ1v) is 28.7. The average molecular weight is 965 g/mol. The van der Waals surface area contributed by atoms with E-state index in [0.29, 0.717) is 0 Å². The van der Waals surface area contributed by atoms with Gasteiger partial charge < -0.3 is 0 Å². The molecule has 0 nitrogen and oxygen atoms in total. The molecule has 0 aliphatic carbocycles. The Hall–Kier alpha value is -4.53. The molecular weight excluding hydrogens is 915 g/mol. The SMILES string of the molecule is [Cl][RhH][Cl].c1ccc([PH+](c2ccccc2)c2ccccc2)cc1.c1ccc([PH+](c2ccccc2)c2ccccc2)cc1.c1ccc([PH+](c2ccccc2)c2ccccc2)cc1. The summed E-state index contributed by atoms with van der Waals surface area (Å²) in [4.78, 5) is 0. The Morgan fingerprint density at radius 3 is 0.350 bits per heavy atom. The maximum Gasteiger partial charge on any atom is 0.102 e. The minimum absolute atomic E-state index is 0.346. The molecule has 0 amide bonds. The third kappa shape index (κ3) is 13.8. The molecule has 300 valence electrons. The van der Waals surface area contributed by atoms with Gasteiger partial charge in [0.05, 0.1) is 23.8 Å². The van der Waals surface area contributed by atoms with Crippen LogP contribution in [0.25, 0.3) is 0 Å². The molecule has 6 heteroatoms. The summed E-state index contributed by atoms with van der Waals surface area (Å²) >= 11 is -0.346. The zero-order valence-corrected chi connectivity index (χ0v) is 39.3. The van der Waals surface area contributed by atoms with Crippen molar-refractivity contribution < 1.29 is 15.1 Å². The van der Waals surface area contributed by atoms with Gasteiger partial charge in [-0.2, -0.15) is 0 Å². The Labute approximate surface area is 376 Å². The molecule has 0 aliphatic heterocycles. The third-order valence-corrected chi connectivity index (χ3v) is 17.8.